The van der Waals surface area contributed by atoms with E-state index in [9.17, 15) is 49.2 Å². The minimum absolute atomic E-state index is 0.00509. The minimum atomic E-state index is -1.10. The van der Waals surface area contributed by atoms with Gasteiger partial charge in [0.25, 0.3) is 0 Å². The van der Waals surface area contributed by atoms with Crippen molar-refractivity contribution in [2.75, 3.05) is 52.4 Å². The van der Waals surface area contributed by atoms with Crippen LogP contribution in [-0.2, 0) is 52.4 Å². The number of hydrogen-bond acceptors (Lipinski definition) is 14. The molecular formula is C52H64N8O12. The number of phenols is 2. The number of hydrogen-bond donors (Lipinski definition) is 10. The van der Waals surface area contributed by atoms with Crippen LogP contribution in [-0.4, -0.2) is 166 Å². The summed E-state index contributed by atoms with van der Waals surface area (Å²) in [6, 6.07) is 5.92. The highest BCUT2D eigenvalue weighted by Gasteiger charge is 2.75. The zero-order valence-electron chi connectivity index (χ0n) is 40.2. The second kappa shape index (κ2) is 17.3. The van der Waals surface area contributed by atoms with Gasteiger partial charge in [-0.2, -0.15) is 0 Å². The Balaban J connectivity index is 0.574. The molecule has 4 heterocycles. The van der Waals surface area contributed by atoms with Crippen LogP contribution in [0.3, 0.4) is 0 Å². The highest BCUT2D eigenvalue weighted by Crippen LogP contribution is 2.67. The van der Waals surface area contributed by atoms with Crippen molar-refractivity contribution in [1.29, 1.82) is 0 Å². The van der Waals surface area contributed by atoms with Crippen LogP contribution in [0.5, 0.6) is 23.0 Å². The number of carbonyl (C=O) groups excluding carboxylic acids is 6. The Morgan fingerprint density at radius 3 is 1.36 bits per heavy atom. The van der Waals surface area contributed by atoms with Crippen molar-refractivity contribution in [3.05, 3.63) is 58.7 Å². The minimum Gasteiger partial charge on any atom is -0.504 e. The molecule has 2 spiro atoms. The number of amides is 6. The number of nitrogens with zero attached hydrogens (tertiary/aromatic N) is 2. The summed E-state index contributed by atoms with van der Waals surface area (Å²) in [6.07, 6.45) is 9.65. The maximum Gasteiger partial charge on any atom is 0.244 e. The van der Waals surface area contributed by atoms with Crippen LogP contribution in [0, 0.1) is 11.8 Å². The molecule has 4 saturated carbocycles. The fourth-order valence-corrected chi connectivity index (χ4v) is 14.9. The van der Waals surface area contributed by atoms with Crippen molar-refractivity contribution in [3.63, 3.8) is 0 Å². The number of aromatic hydroxyl groups is 2. The summed E-state index contributed by atoms with van der Waals surface area (Å²) in [5, 5.41) is 62.8. The van der Waals surface area contributed by atoms with Gasteiger partial charge in [0.05, 0.1) is 60.3 Å². The molecule has 6 aliphatic carbocycles. The third-order valence-corrected chi connectivity index (χ3v) is 18.3. The van der Waals surface area contributed by atoms with Crippen LogP contribution >= 0.6 is 0 Å². The smallest absolute Gasteiger partial charge is 0.244 e. The Labute approximate surface area is 416 Å². The number of ether oxygens (including phenoxy) is 2. The molecule has 10 atom stereocenters. The van der Waals surface area contributed by atoms with Crippen molar-refractivity contribution < 1.29 is 58.7 Å². The van der Waals surface area contributed by atoms with Crippen LogP contribution in [0.4, 0.5) is 0 Å². The van der Waals surface area contributed by atoms with E-state index < -0.39 is 94.9 Å². The number of carbonyl (C=O) groups is 6. The lowest BCUT2D eigenvalue weighted by atomic mass is 9.48. The molecule has 2 aromatic carbocycles. The van der Waals surface area contributed by atoms with Crippen LogP contribution in [0.2, 0.25) is 0 Å². The molecule has 20 nitrogen and oxygen atoms in total. The first-order valence-corrected chi connectivity index (χ1v) is 25.9. The monoisotopic (exact) mass is 992 g/mol. The Kier molecular flexibility index (Phi) is 11.3. The van der Waals surface area contributed by atoms with Gasteiger partial charge < -0.3 is 61.8 Å². The SMILES string of the molecule is O=C(/C=C/C(=O)NCC(=O)NCC(=O)N[C@@H]1CC[C@@]2(O)[C@H]3Cc4ccc(O)c5c4[C@@]2(CCN3CC2CC2)[C@H]1O5)NCC(=O)NCC(=O)N[C@@H]1CC[C@@]2(O)[C@H]3Cc4ccc(O)c5c4[C@@]2(CCN3CC2CC2)[C@H]1O5. The van der Waals surface area contributed by atoms with Crippen LogP contribution in [0.1, 0.15) is 86.5 Å². The maximum atomic E-state index is 13.3. The first kappa shape index (κ1) is 47.1. The van der Waals surface area contributed by atoms with E-state index in [-0.39, 0.29) is 36.7 Å². The lowest BCUT2D eigenvalue weighted by molar-refractivity contribution is -0.192. The number of piperidine rings is 2. The van der Waals surface area contributed by atoms with E-state index in [0.29, 0.717) is 74.7 Å². The van der Waals surface area contributed by atoms with E-state index >= 15 is 0 Å². The van der Waals surface area contributed by atoms with E-state index in [1.54, 1.807) is 12.1 Å². The normalized spacial score (nSPS) is 34.1. The largest absolute Gasteiger partial charge is 0.504 e. The third kappa shape index (κ3) is 7.43. The number of phenolic OH excluding ortho intramolecular Hbond substituents is 2. The first-order chi connectivity index (χ1) is 34.6. The molecule has 12 rings (SSSR count). The molecule has 10 aliphatic rings. The van der Waals surface area contributed by atoms with Gasteiger partial charge in [0.1, 0.15) is 12.2 Å². The molecule has 2 aromatic rings. The molecule has 20 heteroatoms. The second-order valence-electron chi connectivity index (χ2n) is 22.3. The summed E-state index contributed by atoms with van der Waals surface area (Å²) in [5.41, 5.74) is -0.0260. The predicted molar refractivity (Wildman–Crippen MR) is 255 cm³/mol. The molecule has 10 N–H and O–H groups in total. The molecule has 6 fully saturated rings. The molecule has 384 valence electrons. The Morgan fingerprint density at radius 2 is 0.958 bits per heavy atom. The topological polar surface area (TPSA) is 280 Å². The quantitative estimate of drug-likeness (QED) is 0.0897. The Morgan fingerprint density at radius 1 is 0.556 bits per heavy atom. The van der Waals surface area contributed by atoms with Crippen LogP contribution in [0.25, 0.3) is 0 Å². The van der Waals surface area contributed by atoms with Gasteiger partial charge in [0.15, 0.2) is 23.0 Å². The molecule has 0 aromatic heterocycles. The third-order valence-electron chi connectivity index (χ3n) is 18.3. The summed E-state index contributed by atoms with van der Waals surface area (Å²) in [7, 11) is 0. The van der Waals surface area contributed by atoms with Crippen molar-refractivity contribution in [2.24, 2.45) is 11.8 Å². The molecule has 4 aliphatic heterocycles. The van der Waals surface area contributed by atoms with E-state index in [2.05, 4.69) is 41.7 Å². The average molecular weight is 993 g/mol. The number of nitrogens with one attached hydrogen (secondary N) is 6. The summed E-state index contributed by atoms with van der Waals surface area (Å²) < 4.78 is 13.0. The van der Waals surface area contributed by atoms with E-state index in [4.69, 9.17) is 9.47 Å². The Hall–Kier alpha value is -5.96. The number of aliphatic hydroxyl groups is 2. The maximum absolute atomic E-state index is 13.3. The first-order valence-electron chi connectivity index (χ1n) is 25.9. The number of likely N-dealkylation sites (tertiary alicyclic amines) is 2. The van der Waals surface area contributed by atoms with Crippen molar-refractivity contribution in [3.8, 4) is 23.0 Å². The summed E-state index contributed by atoms with van der Waals surface area (Å²) in [4.78, 5) is 81.7. The second-order valence-corrected chi connectivity index (χ2v) is 22.3. The molecule has 0 unspecified atom stereocenters. The average Bonchev–Trinajstić information content (AvgIpc) is 4.29. The number of benzene rings is 2. The van der Waals surface area contributed by atoms with Gasteiger partial charge in [-0.25, -0.2) is 0 Å². The van der Waals surface area contributed by atoms with Gasteiger partial charge in [-0.1, -0.05) is 12.1 Å². The van der Waals surface area contributed by atoms with E-state index in [1.807, 2.05) is 12.1 Å². The zero-order valence-corrected chi connectivity index (χ0v) is 40.2. The highest BCUT2D eigenvalue weighted by atomic mass is 16.5. The molecule has 6 amide bonds. The van der Waals surface area contributed by atoms with E-state index in [1.165, 1.54) is 25.7 Å². The van der Waals surface area contributed by atoms with Crippen LogP contribution in [0.15, 0.2) is 36.4 Å². The molecule has 72 heavy (non-hydrogen) atoms. The predicted octanol–water partition coefficient (Wildman–Crippen LogP) is -1.08. The summed E-state index contributed by atoms with van der Waals surface area (Å²) >= 11 is 0. The van der Waals surface area contributed by atoms with Crippen molar-refractivity contribution >= 4 is 35.4 Å². The van der Waals surface area contributed by atoms with Gasteiger partial charge in [0.2, 0.25) is 35.4 Å². The molecule has 0 radical (unpaired) electrons. The van der Waals surface area contributed by atoms with Gasteiger partial charge in [-0.05, 0) is 125 Å². The molecule has 4 bridgehead atoms. The fraction of sp³-hybridized carbons (Fsp3) is 0.615. The zero-order chi connectivity index (χ0) is 49.9. The number of rotatable bonds is 16. The highest BCUT2D eigenvalue weighted by molar-refractivity contribution is 5.99. The van der Waals surface area contributed by atoms with Gasteiger partial charge in [0, 0.05) is 48.5 Å². The van der Waals surface area contributed by atoms with Gasteiger partial charge >= 0.3 is 0 Å². The van der Waals surface area contributed by atoms with Gasteiger partial charge in [-0.3, -0.25) is 38.6 Å². The lowest BCUT2D eigenvalue weighted by Crippen LogP contribution is -2.78. The Bertz CT molecular complexity index is 2500. The van der Waals surface area contributed by atoms with Gasteiger partial charge in [-0.15, -0.1) is 0 Å². The summed E-state index contributed by atoms with van der Waals surface area (Å²) in [6.45, 7) is 1.69. The fourth-order valence-electron chi connectivity index (χ4n) is 14.9. The lowest BCUT2D eigenvalue weighted by Gasteiger charge is -2.64. The summed E-state index contributed by atoms with van der Waals surface area (Å²) in [5.74, 6) is -1.76. The van der Waals surface area contributed by atoms with Crippen molar-refractivity contribution in [2.45, 2.75) is 135 Å². The standard InChI is InChI=1S/C52H64N8O12/c61-33-7-5-29-19-35-51(69)13-11-31(47-49(51,43(29)45(33)71-47)15-17-59(35)25-27-1-2-27)57-41(67)23-55-39(65)21-53-37(63)9-10-38(64)54-22-40(66)56-24-42(68)58-32-12-14-52(70)36-20-30-6-8-34(62)46-44(30)50(52,48(32)72-46)16-18-60(36)26-28-3-4-28/h5-10,27-28,31-32,35-36,47-48,61-62,69-70H,1-4,11-26H2,(H,53,63)(H,54,64)(H,55,65)(H,56,66)(H,57,67)(H,58,68)/b10-9+/t31-,32-,35-,36-,47+,48+,49+,50+,51-,52-/m1/s1. The molecule has 2 saturated heterocycles. The van der Waals surface area contributed by atoms with Crippen molar-refractivity contribution in [1.82, 2.24) is 41.7 Å². The van der Waals surface area contributed by atoms with Crippen LogP contribution < -0.4 is 41.4 Å². The van der Waals surface area contributed by atoms with E-state index in [0.717, 1.165) is 60.6 Å². The molecular weight excluding hydrogens is 929 g/mol.